The highest BCUT2D eigenvalue weighted by Gasteiger charge is 1.94. The van der Waals surface area contributed by atoms with Crippen molar-refractivity contribution >= 4 is 6.08 Å². The van der Waals surface area contributed by atoms with Crippen LogP contribution in [0, 0.1) is 0 Å². The van der Waals surface area contributed by atoms with E-state index < -0.39 is 0 Å². The number of hydrogen-bond donors (Lipinski definition) is 1. The molecule has 0 aromatic carbocycles. The molecule has 1 rings (SSSR count). The third kappa shape index (κ3) is 2.20. The van der Waals surface area contributed by atoms with Crippen LogP contribution in [0.15, 0.2) is 18.0 Å². The van der Waals surface area contributed by atoms with Crippen LogP contribution in [0.2, 0.25) is 0 Å². The summed E-state index contributed by atoms with van der Waals surface area (Å²) in [6.07, 6.45) is 6.91. The van der Waals surface area contributed by atoms with E-state index in [1.54, 1.807) is 4.68 Å². The van der Waals surface area contributed by atoms with Crippen molar-refractivity contribution in [2.75, 3.05) is 6.54 Å². The molecule has 12 heavy (non-hydrogen) atoms. The van der Waals surface area contributed by atoms with E-state index in [0.717, 1.165) is 12.0 Å². The molecule has 0 saturated heterocycles. The van der Waals surface area contributed by atoms with E-state index in [9.17, 15) is 0 Å². The lowest BCUT2D eigenvalue weighted by atomic mass is 10.1. The summed E-state index contributed by atoms with van der Waals surface area (Å²) in [5, 5.41) is 4.07. The molecule has 0 radical (unpaired) electrons. The lowest BCUT2D eigenvalue weighted by Crippen LogP contribution is -2.01. The monoisotopic (exact) mass is 165 g/mol. The van der Waals surface area contributed by atoms with E-state index in [0.29, 0.717) is 6.54 Å². The van der Waals surface area contributed by atoms with E-state index in [1.165, 1.54) is 5.57 Å². The molecule has 0 aliphatic carbocycles. The molecule has 1 aromatic heterocycles. The van der Waals surface area contributed by atoms with Crippen molar-refractivity contribution in [2.45, 2.75) is 13.3 Å². The molecular formula is C9H15N3. The number of rotatable bonds is 3. The first kappa shape index (κ1) is 9.00. The van der Waals surface area contributed by atoms with E-state index in [4.69, 9.17) is 5.73 Å². The first-order valence-corrected chi connectivity index (χ1v) is 4.14. The van der Waals surface area contributed by atoms with Crippen molar-refractivity contribution in [3.63, 3.8) is 0 Å². The van der Waals surface area contributed by atoms with Crippen molar-refractivity contribution in [3.05, 3.63) is 23.5 Å². The number of aromatic nitrogens is 2. The van der Waals surface area contributed by atoms with E-state index in [1.807, 2.05) is 19.4 Å². The maximum atomic E-state index is 5.54. The smallest absolute Gasteiger partial charge is 0.0562 e. The largest absolute Gasteiger partial charge is 0.327 e. The van der Waals surface area contributed by atoms with Gasteiger partial charge in [-0.15, -0.1) is 0 Å². The van der Waals surface area contributed by atoms with Crippen LogP contribution in [-0.2, 0) is 7.05 Å². The Balaban J connectivity index is 2.78. The fourth-order valence-corrected chi connectivity index (χ4v) is 1.06. The Morgan fingerprint density at radius 2 is 2.50 bits per heavy atom. The maximum Gasteiger partial charge on any atom is 0.0562 e. The van der Waals surface area contributed by atoms with Gasteiger partial charge in [0.25, 0.3) is 0 Å². The van der Waals surface area contributed by atoms with Crippen LogP contribution in [-0.4, -0.2) is 16.3 Å². The van der Waals surface area contributed by atoms with Gasteiger partial charge in [0.1, 0.15) is 0 Å². The molecule has 0 spiro atoms. The van der Waals surface area contributed by atoms with Crippen LogP contribution in [0.4, 0.5) is 0 Å². The fourth-order valence-electron chi connectivity index (χ4n) is 1.06. The fraction of sp³-hybridized carbons (Fsp3) is 0.444. The molecule has 0 saturated carbocycles. The lowest BCUT2D eigenvalue weighted by Gasteiger charge is -1.96. The Morgan fingerprint density at radius 3 is 2.92 bits per heavy atom. The zero-order valence-corrected chi connectivity index (χ0v) is 7.62. The predicted molar refractivity (Wildman–Crippen MR) is 50.5 cm³/mol. The van der Waals surface area contributed by atoms with Gasteiger partial charge in [0.2, 0.25) is 0 Å². The van der Waals surface area contributed by atoms with Gasteiger partial charge in [-0.05, 0) is 6.42 Å². The molecule has 3 nitrogen and oxygen atoms in total. The molecule has 0 fully saturated rings. The van der Waals surface area contributed by atoms with Crippen LogP contribution in [0.1, 0.15) is 18.9 Å². The number of aryl methyl sites for hydroxylation is 1. The summed E-state index contributed by atoms with van der Waals surface area (Å²) in [6, 6.07) is 0. The Kier molecular flexibility index (Phi) is 3.05. The number of nitrogens with zero attached hydrogens (tertiary/aromatic N) is 2. The van der Waals surface area contributed by atoms with Crippen LogP contribution in [0.25, 0.3) is 6.08 Å². The molecule has 1 heterocycles. The first-order valence-electron chi connectivity index (χ1n) is 4.14. The quantitative estimate of drug-likeness (QED) is 0.730. The van der Waals surface area contributed by atoms with Crippen molar-refractivity contribution in [1.29, 1.82) is 0 Å². The van der Waals surface area contributed by atoms with Crippen LogP contribution in [0.3, 0.4) is 0 Å². The minimum atomic E-state index is 0.630. The zero-order valence-electron chi connectivity index (χ0n) is 7.62. The molecule has 0 aliphatic rings. The van der Waals surface area contributed by atoms with E-state index in [-0.39, 0.29) is 0 Å². The molecule has 2 N–H and O–H groups in total. The molecule has 0 unspecified atom stereocenters. The first-order chi connectivity index (χ1) is 5.76. The summed E-state index contributed by atoms with van der Waals surface area (Å²) in [4.78, 5) is 0. The van der Waals surface area contributed by atoms with Gasteiger partial charge in [-0.3, -0.25) is 4.68 Å². The van der Waals surface area contributed by atoms with Crippen molar-refractivity contribution in [2.24, 2.45) is 12.8 Å². The normalized spacial score (nSPS) is 12.1. The summed E-state index contributed by atoms with van der Waals surface area (Å²) >= 11 is 0. The van der Waals surface area contributed by atoms with E-state index >= 15 is 0 Å². The van der Waals surface area contributed by atoms with Gasteiger partial charge in [0.15, 0.2) is 0 Å². The highest BCUT2D eigenvalue weighted by molar-refractivity contribution is 5.51. The van der Waals surface area contributed by atoms with Crippen molar-refractivity contribution in [3.8, 4) is 0 Å². The summed E-state index contributed by atoms with van der Waals surface area (Å²) in [7, 11) is 1.91. The lowest BCUT2D eigenvalue weighted by molar-refractivity contribution is 0.767. The van der Waals surface area contributed by atoms with Gasteiger partial charge in [-0.2, -0.15) is 5.10 Å². The minimum absolute atomic E-state index is 0.630. The van der Waals surface area contributed by atoms with E-state index in [2.05, 4.69) is 18.1 Å². The standard InChI is InChI=1S/C9H15N3/c1-3-8(5-10)4-9-6-11-12(2)7-9/h4,6-7H,3,5,10H2,1-2H3/b8-4+. The second kappa shape index (κ2) is 4.07. The Labute approximate surface area is 72.9 Å². The molecule has 0 bridgehead atoms. The average molecular weight is 165 g/mol. The summed E-state index contributed by atoms with van der Waals surface area (Å²) in [5.41, 5.74) is 7.92. The van der Waals surface area contributed by atoms with Gasteiger partial charge < -0.3 is 5.73 Å². The Hall–Kier alpha value is -1.09. The SMILES string of the molecule is CC/C(=C\c1cnn(C)c1)CN. The molecule has 0 aliphatic heterocycles. The molecule has 0 amide bonds. The molecule has 3 heteroatoms. The van der Waals surface area contributed by atoms with Gasteiger partial charge in [-0.25, -0.2) is 0 Å². The Bertz CT molecular complexity index is 267. The third-order valence-electron chi connectivity index (χ3n) is 1.81. The maximum absolute atomic E-state index is 5.54. The Morgan fingerprint density at radius 1 is 1.75 bits per heavy atom. The van der Waals surface area contributed by atoms with Crippen LogP contribution >= 0.6 is 0 Å². The number of nitrogens with two attached hydrogens (primary N) is 1. The second-order valence-electron chi connectivity index (χ2n) is 2.81. The zero-order chi connectivity index (χ0) is 8.97. The van der Waals surface area contributed by atoms with Gasteiger partial charge in [0, 0.05) is 25.4 Å². The molecule has 1 aromatic rings. The van der Waals surface area contributed by atoms with Gasteiger partial charge in [-0.1, -0.05) is 18.6 Å². The molecule has 66 valence electrons. The minimum Gasteiger partial charge on any atom is -0.327 e. The van der Waals surface area contributed by atoms with Crippen LogP contribution < -0.4 is 5.73 Å². The van der Waals surface area contributed by atoms with Crippen molar-refractivity contribution < 1.29 is 0 Å². The summed E-state index contributed by atoms with van der Waals surface area (Å²) < 4.78 is 1.79. The molecular weight excluding hydrogens is 150 g/mol. The highest BCUT2D eigenvalue weighted by Crippen LogP contribution is 2.06. The summed E-state index contributed by atoms with van der Waals surface area (Å²) in [6.45, 7) is 2.74. The highest BCUT2D eigenvalue weighted by atomic mass is 15.2. The average Bonchev–Trinajstić information content (AvgIpc) is 2.47. The van der Waals surface area contributed by atoms with Crippen molar-refractivity contribution in [1.82, 2.24) is 9.78 Å². The third-order valence-corrected chi connectivity index (χ3v) is 1.81. The number of hydrogen-bond acceptors (Lipinski definition) is 2. The predicted octanol–water partition coefficient (Wildman–Crippen LogP) is 1.17. The molecule has 0 atom stereocenters. The topological polar surface area (TPSA) is 43.8 Å². The second-order valence-corrected chi connectivity index (χ2v) is 2.81. The summed E-state index contributed by atoms with van der Waals surface area (Å²) in [5.74, 6) is 0. The van der Waals surface area contributed by atoms with Gasteiger partial charge in [0.05, 0.1) is 6.20 Å². The van der Waals surface area contributed by atoms with Gasteiger partial charge >= 0.3 is 0 Å². The van der Waals surface area contributed by atoms with Crippen LogP contribution in [0.5, 0.6) is 0 Å².